The lowest BCUT2D eigenvalue weighted by molar-refractivity contribution is 0.602. The summed E-state index contributed by atoms with van der Waals surface area (Å²) in [6, 6.07) is 28.2. The number of nitrogens with zero attached hydrogens (tertiary/aromatic N) is 3. The molecule has 0 spiro atoms. The van der Waals surface area contributed by atoms with Gasteiger partial charge in [-0.05, 0) is 48.6 Å². The second kappa shape index (κ2) is 8.36. The Hall–Kier alpha value is -2.68. The number of rotatable bonds is 3. The summed E-state index contributed by atoms with van der Waals surface area (Å²) < 4.78 is 26.5. The van der Waals surface area contributed by atoms with Gasteiger partial charge in [-0.1, -0.05) is 66.4 Å². The van der Waals surface area contributed by atoms with Gasteiger partial charge in [0.2, 0.25) is 5.11 Å². The summed E-state index contributed by atoms with van der Waals surface area (Å²) in [6.07, 6.45) is 0. The first kappa shape index (κ1) is 19.6. The van der Waals surface area contributed by atoms with Gasteiger partial charge in [-0.25, -0.2) is 12.7 Å². The summed E-state index contributed by atoms with van der Waals surface area (Å²) in [4.78, 5) is 6.40. The quantitative estimate of drug-likeness (QED) is 0.537. The Morgan fingerprint density at radius 3 is 1.86 bits per heavy atom. The van der Waals surface area contributed by atoms with Crippen molar-refractivity contribution >= 4 is 61.3 Å². The SMILES string of the molecule is O=S1(=O)CS/C(=N\C(=S)N(c2ccccc2)c2ccccc2)N1c1ccccc1. The minimum atomic E-state index is -3.50. The van der Waals surface area contributed by atoms with Crippen molar-refractivity contribution in [1.82, 2.24) is 0 Å². The van der Waals surface area contributed by atoms with Gasteiger partial charge in [-0.2, -0.15) is 4.99 Å². The van der Waals surface area contributed by atoms with E-state index in [0.29, 0.717) is 10.9 Å². The zero-order chi connectivity index (χ0) is 20.3. The zero-order valence-electron chi connectivity index (χ0n) is 15.3. The summed E-state index contributed by atoms with van der Waals surface area (Å²) in [5.74, 6) is 0. The van der Waals surface area contributed by atoms with Crippen molar-refractivity contribution < 1.29 is 8.42 Å². The smallest absolute Gasteiger partial charge is 0.250 e. The molecule has 0 bridgehead atoms. The average Bonchev–Trinajstić information content (AvgIpc) is 3.04. The molecule has 0 atom stereocenters. The van der Waals surface area contributed by atoms with Crippen molar-refractivity contribution in [2.24, 2.45) is 4.99 Å². The second-order valence-electron chi connectivity index (χ2n) is 6.16. The Bertz CT molecular complexity index is 1100. The van der Waals surface area contributed by atoms with Crippen LogP contribution in [0.2, 0.25) is 0 Å². The molecule has 1 heterocycles. The molecule has 0 saturated carbocycles. The van der Waals surface area contributed by atoms with Crippen LogP contribution in [0.15, 0.2) is 96.0 Å². The summed E-state index contributed by atoms with van der Waals surface area (Å²) in [6.45, 7) is 0. The van der Waals surface area contributed by atoms with Gasteiger partial charge in [-0.3, -0.25) is 4.90 Å². The van der Waals surface area contributed by atoms with E-state index in [1.54, 1.807) is 24.3 Å². The number of anilines is 3. The van der Waals surface area contributed by atoms with Crippen LogP contribution in [0.1, 0.15) is 0 Å². The number of hydrogen-bond acceptors (Lipinski definition) is 4. The van der Waals surface area contributed by atoms with E-state index >= 15 is 0 Å². The average molecular weight is 440 g/mol. The molecule has 0 amide bonds. The normalized spacial score (nSPS) is 16.7. The third-order valence-electron chi connectivity index (χ3n) is 4.19. The molecule has 29 heavy (non-hydrogen) atoms. The Balaban J connectivity index is 1.76. The molecule has 1 saturated heterocycles. The fraction of sp³-hybridized carbons (Fsp3) is 0.0476. The van der Waals surface area contributed by atoms with E-state index in [1.165, 1.54) is 4.31 Å². The second-order valence-corrected chi connectivity index (χ2v) is 9.65. The summed E-state index contributed by atoms with van der Waals surface area (Å²) in [5, 5.41) is 0.543. The van der Waals surface area contributed by atoms with Crippen LogP contribution in [-0.2, 0) is 10.0 Å². The third kappa shape index (κ3) is 4.19. The lowest BCUT2D eigenvalue weighted by Crippen LogP contribution is -2.31. The van der Waals surface area contributed by atoms with E-state index in [2.05, 4.69) is 4.99 Å². The highest BCUT2D eigenvalue weighted by Crippen LogP contribution is 2.33. The summed E-state index contributed by atoms with van der Waals surface area (Å²) in [7, 11) is -3.50. The first-order valence-corrected chi connectivity index (χ1v) is 11.8. The first-order valence-electron chi connectivity index (χ1n) is 8.80. The highest BCUT2D eigenvalue weighted by Gasteiger charge is 2.36. The van der Waals surface area contributed by atoms with Crippen LogP contribution in [-0.4, -0.2) is 23.8 Å². The summed E-state index contributed by atoms with van der Waals surface area (Å²) in [5.41, 5.74) is 2.25. The van der Waals surface area contributed by atoms with E-state index in [4.69, 9.17) is 12.2 Å². The van der Waals surface area contributed by atoms with Gasteiger partial charge >= 0.3 is 0 Å². The van der Waals surface area contributed by atoms with E-state index in [9.17, 15) is 8.42 Å². The highest BCUT2D eigenvalue weighted by atomic mass is 32.3. The highest BCUT2D eigenvalue weighted by molar-refractivity contribution is 8.27. The van der Waals surface area contributed by atoms with Crippen molar-refractivity contribution in [2.45, 2.75) is 0 Å². The maximum Gasteiger partial charge on any atom is 0.250 e. The van der Waals surface area contributed by atoms with Crippen LogP contribution >= 0.6 is 24.0 Å². The Morgan fingerprint density at radius 1 is 0.862 bits per heavy atom. The number of thiocarbonyl (C=S) groups is 1. The number of aliphatic imine (C=N–C) groups is 1. The van der Waals surface area contributed by atoms with Gasteiger partial charge in [0, 0.05) is 11.4 Å². The molecular formula is C21H17N3O2S3. The Morgan fingerprint density at radius 2 is 1.34 bits per heavy atom. The molecule has 5 nitrogen and oxygen atoms in total. The van der Waals surface area contributed by atoms with Crippen LogP contribution in [0.4, 0.5) is 17.1 Å². The lowest BCUT2D eigenvalue weighted by atomic mass is 10.2. The largest absolute Gasteiger partial charge is 0.286 e. The number of amidine groups is 1. The molecule has 1 fully saturated rings. The number of hydrogen-bond donors (Lipinski definition) is 0. The molecular weight excluding hydrogens is 422 g/mol. The fourth-order valence-corrected chi connectivity index (χ4v) is 6.31. The van der Waals surface area contributed by atoms with Crippen LogP contribution in [0.5, 0.6) is 0 Å². The monoisotopic (exact) mass is 439 g/mol. The molecule has 3 aromatic carbocycles. The molecule has 0 N–H and O–H groups in total. The summed E-state index contributed by atoms with van der Waals surface area (Å²) >= 11 is 6.82. The Labute approximate surface area is 179 Å². The van der Waals surface area contributed by atoms with Crippen LogP contribution < -0.4 is 9.21 Å². The van der Waals surface area contributed by atoms with E-state index in [0.717, 1.165) is 23.1 Å². The van der Waals surface area contributed by atoms with Crippen molar-refractivity contribution in [2.75, 3.05) is 14.3 Å². The first-order chi connectivity index (χ1) is 14.1. The number of sulfonamides is 1. The molecule has 8 heteroatoms. The maximum absolute atomic E-state index is 12.6. The molecule has 0 aliphatic carbocycles. The molecule has 146 valence electrons. The lowest BCUT2D eigenvalue weighted by Gasteiger charge is -2.24. The maximum atomic E-state index is 12.6. The zero-order valence-corrected chi connectivity index (χ0v) is 17.7. The molecule has 0 unspecified atom stereocenters. The van der Waals surface area contributed by atoms with E-state index in [-0.39, 0.29) is 10.2 Å². The van der Waals surface area contributed by atoms with Gasteiger partial charge in [0.1, 0.15) is 5.08 Å². The van der Waals surface area contributed by atoms with Crippen LogP contribution in [0, 0.1) is 0 Å². The minimum absolute atomic E-state index is 0.0694. The number of benzene rings is 3. The van der Waals surface area contributed by atoms with Gasteiger partial charge in [0.25, 0.3) is 10.0 Å². The van der Waals surface area contributed by atoms with Gasteiger partial charge in [-0.15, -0.1) is 0 Å². The molecule has 1 aliphatic heterocycles. The van der Waals surface area contributed by atoms with Gasteiger partial charge < -0.3 is 0 Å². The molecule has 0 radical (unpaired) electrons. The van der Waals surface area contributed by atoms with Crippen molar-refractivity contribution in [3.05, 3.63) is 91.0 Å². The number of thioether (sulfide) groups is 1. The van der Waals surface area contributed by atoms with Crippen molar-refractivity contribution in [3.63, 3.8) is 0 Å². The topological polar surface area (TPSA) is 53.0 Å². The predicted octanol–water partition coefficient (Wildman–Crippen LogP) is 5.01. The molecule has 4 rings (SSSR count). The van der Waals surface area contributed by atoms with E-state index in [1.807, 2.05) is 71.6 Å². The van der Waals surface area contributed by atoms with Crippen LogP contribution in [0.3, 0.4) is 0 Å². The third-order valence-corrected chi connectivity index (χ3v) is 7.72. The van der Waals surface area contributed by atoms with Crippen molar-refractivity contribution in [1.29, 1.82) is 0 Å². The molecule has 1 aliphatic rings. The number of para-hydroxylation sites is 3. The van der Waals surface area contributed by atoms with E-state index < -0.39 is 10.0 Å². The fourth-order valence-electron chi connectivity index (χ4n) is 2.93. The van der Waals surface area contributed by atoms with Gasteiger partial charge in [0.05, 0.1) is 5.69 Å². The minimum Gasteiger partial charge on any atom is -0.286 e. The van der Waals surface area contributed by atoms with Crippen molar-refractivity contribution in [3.8, 4) is 0 Å². The predicted molar refractivity (Wildman–Crippen MR) is 125 cm³/mol. The molecule has 3 aromatic rings. The van der Waals surface area contributed by atoms with Crippen LogP contribution in [0.25, 0.3) is 0 Å². The standard InChI is InChI=1S/C21H17N3O2S3/c25-29(26)16-28-21(24(29)19-14-8-3-9-15-19)22-20(27)23(17-10-4-1-5-11-17)18-12-6-2-7-13-18/h1-15H,16H2/b22-21-. The molecule has 0 aromatic heterocycles. The Kier molecular flexibility index (Phi) is 5.66. The van der Waals surface area contributed by atoms with Gasteiger partial charge in [0.15, 0.2) is 5.17 Å².